The molecule has 1 aliphatic heterocycles. The molecular weight excluding hydrogens is 300 g/mol. The lowest BCUT2D eigenvalue weighted by Gasteiger charge is -2.37. The minimum absolute atomic E-state index is 0.391. The van der Waals surface area contributed by atoms with Crippen molar-refractivity contribution in [3.05, 3.63) is 47.7 Å². The molecule has 0 spiro atoms. The van der Waals surface area contributed by atoms with Gasteiger partial charge in [0.1, 0.15) is 0 Å². The predicted octanol–water partition coefficient (Wildman–Crippen LogP) is 1.72. The standard InChI is InChI=1S/C16H21ClN4O/c17-14-3-1-4-15(11-14)20-9-7-19(8-10-20)12-16(22)13-21-6-2-5-18-21/h1-6,11,16,22H,7-10,12-13H2. The molecule has 1 unspecified atom stereocenters. The van der Waals surface area contributed by atoms with Crippen molar-refractivity contribution in [2.75, 3.05) is 37.6 Å². The first-order valence-electron chi connectivity index (χ1n) is 7.59. The number of aliphatic hydroxyl groups is 1. The van der Waals surface area contributed by atoms with Gasteiger partial charge in [-0.15, -0.1) is 0 Å². The number of rotatable bonds is 5. The van der Waals surface area contributed by atoms with Crippen LogP contribution < -0.4 is 4.90 Å². The second-order valence-corrected chi connectivity index (χ2v) is 6.09. The van der Waals surface area contributed by atoms with E-state index in [0.29, 0.717) is 13.1 Å². The van der Waals surface area contributed by atoms with Gasteiger partial charge in [0.25, 0.3) is 0 Å². The first-order chi connectivity index (χ1) is 10.7. The molecule has 0 amide bonds. The number of benzene rings is 1. The average molecular weight is 321 g/mol. The van der Waals surface area contributed by atoms with Crippen LogP contribution in [0.25, 0.3) is 0 Å². The van der Waals surface area contributed by atoms with Crippen molar-refractivity contribution >= 4 is 17.3 Å². The van der Waals surface area contributed by atoms with Gasteiger partial charge in [-0.1, -0.05) is 17.7 Å². The summed E-state index contributed by atoms with van der Waals surface area (Å²) in [5.41, 5.74) is 1.17. The SMILES string of the molecule is OC(CN1CCN(c2cccc(Cl)c2)CC1)Cn1cccn1. The van der Waals surface area contributed by atoms with Crippen molar-refractivity contribution < 1.29 is 5.11 Å². The van der Waals surface area contributed by atoms with E-state index in [9.17, 15) is 5.11 Å². The molecule has 118 valence electrons. The van der Waals surface area contributed by atoms with Gasteiger partial charge in [-0.05, 0) is 24.3 Å². The smallest absolute Gasteiger partial charge is 0.0862 e. The number of hydrogen-bond acceptors (Lipinski definition) is 4. The van der Waals surface area contributed by atoms with Crippen LogP contribution in [0, 0.1) is 0 Å². The maximum absolute atomic E-state index is 10.2. The summed E-state index contributed by atoms with van der Waals surface area (Å²) in [6, 6.07) is 9.85. The van der Waals surface area contributed by atoms with Crippen LogP contribution in [-0.4, -0.2) is 58.6 Å². The minimum atomic E-state index is -0.391. The van der Waals surface area contributed by atoms with Gasteiger partial charge in [0.05, 0.1) is 12.6 Å². The van der Waals surface area contributed by atoms with Gasteiger partial charge in [0, 0.05) is 55.8 Å². The summed E-state index contributed by atoms with van der Waals surface area (Å²) >= 11 is 6.05. The lowest BCUT2D eigenvalue weighted by atomic mass is 10.2. The maximum Gasteiger partial charge on any atom is 0.0862 e. The summed E-state index contributed by atoms with van der Waals surface area (Å²) in [5.74, 6) is 0. The monoisotopic (exact) mass is 320 g/mol. The summed E-state index contributed by atoms with van der Waals surface area (Å²) in [4.78, 5) is 4.64. The third kappa shape index (κ3) is 4.00. The number of nitrogens with zero attached hydrogens (tertiary/aromatic N) is 4. The second-order valence-electron chi connectivity index (χ2n) is 5.65. The van der Waals surface area contributed by atoms with Gasteiger partial charge >= 0.3 is 0 Å². The van der Waals surface area contributed by atoms with E-state index >= 15 is 0 Å². The third-order valence-corrected chi connectivity index (χ3v) is 4.21. The Morgan fingerprint density at radius 3 is 2.64 bits per heavy atom. The Morgan fingerprint density at radius 2 is 1.95 bits per heavy atom. The zero-order valence-electron chi connectivity index (χ0n) is 12.5. The summed E-state index contributed by atoms with van der Waals surface area (Å²) in [6.45, 7) is 5.03. The number of piperazine rings is 1. The van der Waals surface area contributed by atoms with Gasteiger partial charge in [0.2, 0.25) is 0 Å². The van der Waals surface area contributed by atoms with Gasteiger partial charge in [-0.3, -0.25) is 9.58 Å². The van der Waals surface area contributed by atoms with Crippen molar-refractivity contribution in [1.82, 2.24) is 14.7 Å². The molecule has 1 aromatic heterocycles. The summed E-state index contributed by atoms with van der Waals surface area (Å²) in [6.07, 6.45) is 3.22. The number of aromatic nitrogens is 2. The second kappa shape index (κ2) is 7.13. The molecule has 0 aliphatic carbocycles. The highest BCUT2D eigenvalue weighted by Crippen LogP contribution is 2.20. The fraction of sp³-hybridized carbons (Fsp3) is 0.438. The molecule has 0 radical (unpaired) electrons. The molecule has 1 N–H and O–H groups in total. The zero-order valence-corrected chi connectivity index (χ0v) is 13.2. The molecule has 2 heterocycles. The van der Waals surface area contributed by atoms with Crippen molar-refractivity contribution in [3.63, 3.8) is 0 Å². The third-order valence-electron chi connectivity index (χ3n) is 3.97. The Labute approximate surface area is 135 Å². The highest BCUT2D eigenvalue weighted by molar-refractivity contribution is 6.30. The molecule has 1 aromatic carbocycles. The number of aliphatic hydroxyl groups excluding tert-OH is 1. The van der Waals surface area contributed by atoms with E-state index in [1.807, 2.05) is 30.5 Å². The van der Waals surface area contributed by atoms with E-state index < -0.39 is 6.10 Å². The molecule has 0 bridgehead atoms. The molecule has 1 fully saturated rings. The molecule has 6 heteroatoms. The van der Waals surface area contributed by atoms with Crippen LogP contribution in [0.2, 0.25) is 5.02 Å². The number of hydrogen-bond donors (Lipinski definition) is 1. The molecule has 22 heavy (non-hydrogen) atoms. The Kier molecular flexibility index (Phi) is 4.97. The minimum Gasteiger partial charge on any atom is -0.390 e. The number of anilines is 1. The van der Waals surface area contributed by atoms with Gasteiger partial charge in [-0.2, -0.15) is 5.10 Å². The summed E-state index contributed by atoms with van der Waals surface area (Å²) in [5, 5.41) is 15.1. The van der Waals surface area contributed by atoms with Crippen LogP contribution in [-0.2, 0) is 6.54 Å². The Hall–Kier alpha value is -1.56. The number of halogens is 1. The van der Waals surface area contributed by atoms with Gasteiger partial charge < -0.3 is 10.0 Å². The van der Waals surface area contributed by atoms with E-state index in [1.165, 1.54) is 5.69 Å². The van der Waals surface area contributed by atoms with Crippen molar-refractivity contribution in [2.45, 2.75) is 12.6 Å². The normalized spacial score (nSPS) is 17.6. The van der Waals surface area contributed by atoms with Crippen LogP contribution >= 0.6 is 11.6 Å². The Balaban J connectivity index is 1.47. The quantitative estimate of drug-likeness (QED) is 0.911. The predicted molar refractivity (Wildman–Crippen MR) is 88.3 cm³/mol. The van der Waals surface area contributed by atoms with Crippen LogP contribution in [0.5, 0.6) is 0 Å². The number of β-amino-alcohol motifs (C(OH)–C–C–N with tert-alkyl or cyclic N) is 1. The first kappa shape index (κ1) is 15.3. The largest absolute Gasteiger partial charge is 0.390 e. The van der Waals surface area contributed by atoms with E-state index in [-0.39, 0.29) is 0 Å². The Bertz CT molecular complexity index is 582. The van der Waals surface area contributed by atoms with Crippen LogP contribution in [0.4, 0.5) is 5.69 Å². The van der Waals surface area contributed by atoms with E-state index in [2.05, 4.69) is 21.0 Å². The lowest BCUT2D eigenvalue weighted by Crippen LogP contribution is -2.49. The summed E-state index contributed by atoms with van der Waals surface area (Å²) < 4.78 is 1.77. The highest BCUT2D eigenvalue weighted by Gasteiger charge is 2.19. The fourth-order valence-corrected chi connectivity index (χ4v) is 3.03. The van der Waals surface area contributed by atoms with Crippen LogP contribution in [0.15, 0.2) is 42.7 Å². The van der Waals surface area contributed by atoms with Crippen molar-refractivity contribution in [3.8, 4) is 0 Å². The van der Waals surface area contributed by atoms with Gasteiger partial charge in [0.15, 0.2) is 0 Å². The zero-order chi connectivity index (χ0) is 15.4. The van der Waals surface area contributed by atoms with E-state index in [4.69, 9.17) is 11.6 Å². The molecule has 3 rings (SSSR count). The highest BCUT2D eigenvalue weighted by atomic mass is 35.5. The van der Waals surface area contributed by atoms with Gasteiger partial charge in [-0.25, -0.2) is 0 Å². The molecular formula is C16H21ClN4O. The maximum atomic E-state index is 10.2. The van der Waals surface area contributed by atoms with E-state index in [1.54, 1.807) is 10.9 Å². The van der Waals surface area contributed by atoms with Crippen LogP contribution in [0.1, 0.15) is 0 Å². The first-order valence-corrected chi connectivity index (χ1v) is 7.97. The summed E-state index contributed by atoms with van der Waals surface area (Å²) in [7, 11) is 0. The van der Waals surface area contributed by atoms with Crippen molar-refractivity contribution in [1.29, 1.82) is 0 Å². The van der Waals surface area contributed by atoms with Crippen molar-refractivity contribution in [2.24, 2.45) is 0 Å². The molecule has 1 aliphatic rings. The molecule has 0 saturated carbocycles. The Morgan fingerprint density at radius 1 is 1.14 bits per heavy atom. The molecule has 1 saturated heterocycles. The fourth-order valence-electron chi connectivity index (χ4n) is 2.84. The molecule has 5 nitrogen and oxygen atoms in total. The lowest BCUT2D eigenvalue weighted by molar-refractivity contribution is 0.0921. The van der Waals surface area contributed by atoms with E-state index in [0.717, 1.165) is 31.2 Å². The average Bonchev–Trinajstić information content (AvgIpc) is 3.01. The van der Waals surface area contributed by atoms with Crippen LogP contribution in [0.3, 0.4) is 0 Å². The topological polar surface area (TPSA) is 44.5 Å². The molecule has 1 atom stereocenters. The molecule has 2 aromatic rings.